The smallest absolute Gasteiger partial charge is 0.266 e. The summed E-state index contributed by atoms with van der Waals surface area (Å²) in [6, 6.07) is 10.5. The van der Waals surface area contributed by atoms with Gasteiger partial charge in [0.25, 0.3) is 5.91 Å². The predicted octanol–water partition coefficient (Wildman–Crippen LogP) is 3.35. The van der Waals surface area contributed by atoms with Crippen LogP contribution in [0, 0.1) is 0 Å². The Balaban J connectivity index is 1.56. The van der Waals surface area contributed by atoms with E-state index in [0.29, 0.717) is 17.5 Å². The molecule has 3 aromatic rings. The molecule has 2 heterocycles. The zero-order valence-corrected chi connectivity index (χ0v) is 14.2. The van der Waals surface area contributed by atoms with E-state index in [-0.39, 0.29) is 5.91 Å². The summed E-state index contributed by atoms with van der Waals surface area (Å²) < 4.78 is 1.74. The zero-order chi connectivity index (χ0) is 16.5. The highest BCUT2D eigenvalue weighted by Crippen LogP contribution is 2.32. The molecule has 0 saturated heterocycles. The van der Waals surface area contributed by atoms with E-state index in [1.165, 1.54) is 11.3 Å². The Morgan fingerprint density at radius 1 is 1.29 bits per heavy atom. The van der Waals surface area contributed by atoms with Gasteiger partial charge in [0.05, 0.1) is 12.4 Å². The summed E-state index contributed by atoms with van der Waals surface area (Å²) in [5.41, 5.74) is 2.11. The standard InChI is InChI=1S/C18H18N4OS/c1-21-12-14(9-20-21)17-19-10-16(24-17)18(23)22(15-7-8-15)11-13-5-3-2-4-6-13/h2-6,9-10,12,15H,7-8,11H2,1H3. The van der Waals surface area contributed by atoms with Gasteiger partial charge in [-0.2, -0.15) is 5.10 Å². The van der Waals surface area contributed by atoms with Crippen molar-refractivity contribution in [3.63, 3.8) is 0 Å². The third-order valence-electron chi connectivity index (χ3n) is 4.11. The minimum atomic E-state index is 0.0778. The quantitative estimate of drug-likeness (QED) is 0.717. The first-order valence-electron chi connectivity index (χ1n) is 8.00. The molecule has 1 aliphatic rings. The molecule has 2 aromatic heterocycles. The molecule has 1 aromatic carbocycles. The van der Waals surface area contributed by atoms with Gasteiger partial charge in [-0.1, -0.05) is 30.3 Å². The third-order valence-corrected chi connectivity index (χ3v) is 5.15. The van der Waals surface area contributed by atoms with Gasteiger partial charge in [0.1, 0.15) is 9.88 Å². The van der Waals surface area contributed by atoms with Gasteiger partial charge in [0, 0.05) is 31.4 Å². The van der Waals surface area contributed by atoms with Crippen LogP contribution in [0.3, 0.4) is 0 Å². The Hall–Kier alpha value is -2.47. The Labute approximate surface area is 144 Å². The number of carbonyl (C=O) groups excluding carboxylic acids is 1. The average Bonchev–Trinajstić information content (AvgIpc) is 3.15. The lowest BCUT2D eigenvalue weighted by atomic mass is 10.2. The van der Waals surface area contributed by atoms with E-state index in [0.717, 1.165) is 29.0 Å². The van der Waals surface area contributed by atoms with E-state index in [9.17, 15) is 4.79 Å². The summed E-state index contributed by atoms with van der Waals surface area (Å²) >= 11 is 1.44. The van der Waals surface area contributed by atoms with Crippen molar-refractivity contribution in [3.05, 3.63) is 59.4 Å². The maximum Gasteiger partial charge on any atom is 0.266 e. The van der Waals surface area contributed by atoms with E-state index >= 15 is 0 Å². The molecular formula is C18H18N4OS. The van der Waals surface area contributed by atoms with Crippen LogP contribution in [-0.2, 0) is 13.6 Å². The third kappa shape index (κ3) is 3.10. The zero-order valence-electron chi connectivity index (χ0n) is 13.4. The maximum absolute atomic E-state index is 13.0. The molecule has 122 valence electrons. The summed E-state index contributed by atoms with van der Waals surface area (Å²) in [6.45, 7) is 0.657. The summed E-state index contributed by atoms with van der Waals surface area (Å²) in [7, 11) is 1.87. The molecule has 1 fully saturated rings. The first-order chi connectivity index (χ1) is 11.7. The fourth-order valence-corrected chi connectivity index (χ4v) is 3.56. The van der Waals surface area contributed by atoms with Crippen molar-refractivity contribution in [1.82, 2.24) is 19.7 Å². The van der Waals surface area contributed by atoms with Crippen LogP contribution in [0.5, 0.6) is 0 Å². The van der Waals surface area contributed by atoms with Crippen molar-refractivity contribution in [3.8, 4) is 10.6 Å². The molecule has 0 unspecified atom stereocenters. The topological polar surface area (TPSA) is 51.0 Å². The Bertz CT molecular complexity index is 851. The van der Waals surface area contributed by atoms with Gasteiger partial charge in [0.2, 0.25) is 0 Å². The second kappa shape index (κ2) is 6.20. The van der Waals surface area contributed by atoms with Crippen LogP contribution in [0.1, 0.15) is 28.1 Å². The number of nitrogens with zero attached hydrogens (tertiary/aromatic N) is 4. The summed E-state index contributed by atoms with van der Waals surface area (Å²) in [6.07, 6.45) is 7.56. The van der Waals surface area contributed by atoms with Crippen molar-refractivity contribution < 1.29 is 4.79 Å². The van der Waals surface area contributed by atoms with E-state index < -0.39 is 0 Å². The SMILES string of the molecule is Cn1cc(-c2ncc(C(=O)N(Cc3ccccc3)C3CC3)s2)cn1. The van der Waals surface area contributed by atoms with Crippen LogP contribution in [0.15, 0.2) is 48.9 Å². The van der Waals surface area contributed by atoms with E-state index in [4.69, 9.17) is 0 Å². The number of aryl methyl sites for hydroxylation is 1. The Morgan fingerprint density at radius 2 is 2.08 bits per heavy atom. The first kappa shape index (κ1) is 15.1. The molecule has 0 aliphatic heterocycles. The van der Waals surface area contributed by atoms with Gasteiger partial charge >= 0.3 is 0 Å². The second-order valence-electron chi connectivity index (χ2n) is 6.08. The first-order valence-corrected chi connectivity index (χ1v) is 8.82. The molecule has 0 N–H and O–H groups in total. The Morgan fingerprint density at radius 3 is 2.75 bits per heavy atom. The fourth-order valence-electron chi connectivity index (χ4n) is 2.71. The number of benzene rings is 1. The number of carbonyl (C=O) groups is 1. The number of rotatable bonds is 5. The minimum absolute atomic E-state index is 0.0778. The summed E-state index contributed by atoms with van der Waals surface area (Å²) in [5.74, 6) is 0.0778. The van der Waals surface area contributed by atoms with Crippen LogP contribution in [0.4, 0.5) is 0 Å². The lowest BCUT2D eigenvalue weighted by molar-refractivity contribution is 0.0734. The molecule has 5 nitrogen and oxygen atoms in total. The van der Waals surface area contributed by atoms with Crippen LogP contribution in [-0.4, -0.2) is 31.6 Å². The number of hydrogen-bond donors (Lipinski definition) is 0. The molecule has 24 heavy (non-hydrogen) atoms. The number of amides is 1. The molecule has 0 radical (unpaired) electrons. The van der Waals surface area contributed by atoms with Gasteiger partial charge < -0.3 is 4.90 Å². The number of hydrogen-bond acceptors (Lipinski definition) is 4. The molecular weight excluding hydrogens is 320 g/mol. The van der Waals surface area contributed by atoms with Crippen molar-refractivity contribution in [2.75, 3.05) is 0 Å². The van der Waals surface area contributed by atoms with Crippen molar-refractivity contribution in [1.29, 1.82) is 0 Å². The fraction of sp³-hybridized carbons (Fsp3) is 0.278. The molecule has 0 bridgehead atoms. The van der Waals surface area contributed by atoms with Gasteiger partial charge in [-0.05, 0) is 18.4 Å². The van der Waals surface area contributed by atoms with Gasteiger partial charge in [-0.25, -0.2) is 4.98 Å². The molecule has 0 spiro atoms. The summed E-state index contributed by atoms with van der Waals surface area (Å²) in [5, 5.41) is 5.00. The largest absolute Gasteiger partial charge is 0.331 e. The highest BCUT2D eigenvalue weighted by atomic mass is 32.1. The molecule has 6 heteroatoms. The molecule has 4 rings (SSSR count). The monoisotopic (exact) mass is 338 g/mol. The van der Waals surface area contributed by atoms with Gasteiger partial charge in [-0.15, -0.1) is 11.3 Å². The normalized spacial score (nSPS) is 13.9. The molecule has 1 saturated carbocycles. The van der Waals surface area contributed by atoms with Crippen LogP contribution in [0.25, 0.3) is 10.6 Å². The van der Waals surface area contributed by atoms with Gasteiger partial charge in [0.15, 0.2) is 0 Å². The second-order valence-corrected chi connectivity index (χ2v) is 7.11. The van der Waals surface area contributed by atoms with E-state index in [1.54, 1.807) is 17.1 Å². The van der Waals surface area contributed by atoms with Crippen molar-refractivity contribution >= 4 is 17.2 Å². The predicted molar refractivity (Wildman–Crippen MR) is 93.7 cm³/mol. The van der Waals surface area contributed by atoms with E-state index in [2.05, 4.69) is 22.2 Å². The number of aromatic nitrogens is 3. The van der Waals surface area contributed by atoms with Crippen LogP contribution >= 0.6 is 11.3 Å². The molecule has 1 aliphatic carbocycles. The van der Waals surface area contributed by atoms with Crippen molar-refractivity contribution in [2.45, 2.75) is 25.4 Å². The lowest BCUT2D eigenvalue weighted by Gasteiger charge is -2.21. The highest BCUT2D eigenvalue weighted by Gasteiger charge is 2.33. The molecule has 1 amide bonds. The summed E-state index contributed by atoms with van der Waals surface area (Å²) in [4.78, 5) is 20.0. The molecule has 0 atom stereocenters. The van der Waals surface area contributed by atoms with Crippen LogP contribution < -0.4 is 0 Å². The van der Waals surface area contributed by atoms with Crippen molar-refractivity contribution in [2.24, 2.45) is 7.05 Å². The highest BCUT2D eigenvalue weighted by molar-refractivity contribution is 7.16. The minimum Gasteiger partial charge on any atom is -0.331 e. The average molecular weight is 338 g/mol. The lowest BCUT2D eigenvalue weighted by Crippen LogP contribution is -2.32. The van der Waals surface area contributed by atoms with E-state index in [1.807, 2.05) is 36.3 Å². The van der Waals surface area contributed by atoms with Gasteiger partial charge in [-0.3, -0.25) is 9.48 Å². The maximum atomic E-state index is 13.0. The Kier molecular flexibility index (Phi) is 3.90. The number of thiazole rings is 1. The van der Waals surface area contributed by atoms with Crippen LogP contribution in [0.2, 0.25) is 0 Å².